The number of nitrogens with zero attached hydrogens (tertiary/aromatic N) is 1. The second-order valence-electron chi connectivity index (χ2n) is 5.50. The summed E-state index contributed by atoms with van der Waals surface area (Å²) in [7, 11) is 0. The summed E-state index contributed by atoms with van der Waals surface area (Å²) in [5, 5.41) is 3.36. The highest BCUT2D eigenvalue weighted by molar-refractivity contribution is 5.95. The van der Waals surface area contributed by atoms with Crippen LogP contribution in [0.15, 0.2) is 18.2 Å². The summed E-state index contributed by atoms with van der Waals surface area (Å²) in [6, 6.07) is 4.32. The lowest BCUT2D eigenvalue weighted by Crippen LogP contribution is -2.58. The lowest BCUT2D eigenvalue weighted by molar-refractivity contribution is 0.0651. The van der Waals surface area contributed by atoms with Crippen molar-refractivity contribution in [3.63, 3.8) is 0 Å². The van der Waals surface area contributed by atoms with Crippen molar-refractivity contribution in [3.05, 3.63) is 35.1 Å². The highest BCUT2D eigenvalue weighted by atomic mass is 19.1. The third-order valence-corrected chi connectivity index (χ3v) is 3.28. The number of halogens is 1. The Morgan fingerprint density at radius 1 is 1.44 bits per heavy atom. The van der Waals surface area contributed by atoms with Crippen LogP contribution in [0.2, 0.25) is 0 Å². The minimum absolute atomic E-state index is 0.0120. The first-order valence-electron chi connectivity index (χ1n) is 6.19. The van der Waals surface area contributed by atoms with Gasteiger partial charge in [0.15, 0.2) is 0 Å². The SMILES string of the molecule is Cc1cc(F)ccc1C(=O)N1CCNC(C)(C)C1. The zero-order valence-corrected chi connectivity index (χ0v) is 11.1. The Hall–Kier alpha value is -1.42. The van der Waals surface area contributed by atoms with Gasteiger partial charge >= 0.3 is 0 Å². The molecule has 0 aromatic heterocycles. The highest BCUT2D eigenvalue weighted by Gasteiger charge is 2.29. The van der Waals surface area contributed by atoms with Crippen molar-refractivity contribution in [3.8, 4) is 0 Å². The first-order valence-corrected chi connectivity index (χ1v) is 6.19. The number of hydrogen-bond acceptors (Lipinski definition) is 2. The topological polar surface area (TPSA) is 32.3 Å². The lowest BCUT2D eigenvalue weighted by Gasteiger charge is -2.39. The molecule has 1 aliphatic heterocycles. The van der Waals surface area contributed by atoms with E-state index in [1.165, 1.54) is 12.1 Å². The Kier molecular flexibility index (Phi) is 3.39. The van der Waals surface area contributed by atoms with Crippen LogP contribution in [0, 0.1) is 12.7 Å². The number of carbonyl (C=O) groups excluding carboxylic acids is 1. The number of benzene rings is 1. The Labute approximate surface area is 107 Å². The molecule has 0 atom stereocenters. The predicted molar refractivity (Wildman–Crippen MR) is 69.1 cm³/mol. The van der Waals surface area contributed by atoms with E-state index in [1.54, 1.807) is 13.0 Å². The van der Waals surface area contributed by atoms with E-state index in [9.17, 15) is 9.18 Å². The summed E-state index contributed by atoms with van der Waals surface area (Å²) in [4.78, 5) is 14.2. The van der Waals surface area contributed by atoms with Gasteiger partial charge in [0.25, 0.3) is 5.91 Å². The predicted octanol–water partition coefficient (Wildman–Crippen LogP) is 1.96. The van der Waals surface area contributed by atoms with Crippen molar-refractivity contribution < 1.29 is 9.18 Å². The lowest BCUT2D eigenvalue weighted by atomic mass is 10.0. The maximum atomic E-state index is 13.0. The molecule has 1 fully saturated rings. The van der Waals surface area contributed by atoms with Gasteiger partial charge in [-0.3, -0.25) is 4.79 Å². The molecule has 1 aliphatic rings. The van der Waals surface area contributed by atoms with Gasteiger partial charge < -0.3 is 10.2 Å². The average molecular weight is 250 g/mol. The maximum absolute atomic E-state index is 13.0. The van der Waals surface area contributed by atoms with E-state index >= 15 is 0 Å². The fourth-order valence-electron chi connectivity index (χ4n) is 2.35. The molecule has 0 bridgehead atoms. The van der Waals surface area contributed by atoms with E-state index in [1.807, 2.05) is 4.90 Å². The number of rotatable bonds is 1. The van der Waals surface area contributed by atoms with Crippen molar-refractivity contribution in [1.29, 1.82) is 0 Å². The molecule has 0 unspecified atom stereocenters. The molecule has 1 aromatic carbocycles. The zero-order valence-electron chi connectivity index (χ0n) is 11.1. The van der Waals surface area contributed by atoms with Crippen LogP contribution in [0.5, 0.6) is 0 Å². The van der Waals surface area contributed by atoms with Crippen molar-refractivity contribution in [2.24, 2.45) is 0 Å². The number of nitrogens with one attached hydrogen (secondary N) is 1. The second-order valence-corrected chi connectivity index (χ2v) is 5.50. The van der Waals surface area contributed by atoms with Crippen molar-refractivity contribution >= 4 is 5.91 Å². The molecule has 0 spiro atoms. The van der Waals surface area contributed by atoms with Gasteiger partial charge in [-0.25, -0.2) is 4.39 Å². The molecule has 2 rings (SSSR count). The zero-order chi connectivity index (χ0) is 13.3. The molecule has 98 valence electrons. The van der Waals surface area contributed by atoms with Gasteiger partial charge in [-0.15, -0.1) is 0 Å². The van der Waals surface area contributed by atoms with Crippen LogP contribution in [-0.4, -0.2) is 36.0 Å². The van der Waals surface area contributed by atoms with Crippen molar-refractivity contribution in [1.82, 2.24) is 10.2 Å². The molecule has 0 radical (unpaired) electrons. The summed E-state index contributed by atoms with van der Waals surface area (Å²) in [5.74, 6) is -0.313. The molecule has 3 nitrogen and oxygen atoms in total. The van der Waals surface area contributed by atoms with Gasteiger partial charge in [-0.1, -0.05) is 0 Å². The third kappa shape index (κ3) is 2.70. The van der Waals surface area contributed by atoms with E-state index in [4.69, 9.17) is 0 Å². The Balaban J connectivity index is 2.20. The minimum Gasteiger partial charge on any atom is -0.336 e. The molecular weight excluding hydrogens is 231 g/mol. The molecule has 1 heterocycles. The first-order chi connectivity index (χ1) is 8.39. The van der Waals surface area contributed by atoms with E-state index in [0.717, 1.165) is 6.54 Å². The Morgan fingerprint density at radius 3 is 2.78 bits per heavy atom. The molecular formula is C14H19FN2O. The third-order valence-electron chi connectivity index (χ3n) is 3.28. The van der Waals surface area contributed by atoms with E-state index in [0.29, 0.717) is 24.2 Å². The molecule has 1 N–H and O–H groups in total. The van der Waals surface area contributed by atoms with Crippen LogP contribution < -0.4 is 5.32 Å². The van der Waals surface area contributed by atoms with Gasteiger partial charge in [0.2, 0.25) is 0 Å². The number of hydrogen-bond donors (Lipinski definition) is 1. The maximum Gasteiger partial charge on any atom is 0.254 e. The van der Waals surface area contributed by atoms with Crippen molar-refractivity contribution in [2.45, 2.75) is 26.3 Å². The highest BCUT2D eigenvalue weighted by Crippen LogP contribution is 2.17. The van der Waals surface area contributed by atoms with Crippen molar-refractivity contribution in [2.75, 3.05) is 19.6 Å². The smallest absolute Gasteiger partial charge is 0.254 e. The standard InChI is InChI=1S/C14H19FN2O/c1-10-8-11(15)4-5-12(10)13(18)17-7-6-16-14(2,3)9-17/h4-5,8,16H,6-7,9H2,1-3H3. The summed E-state index contributed by atoms with van der Waals surface area (Å²) in [6.07, 6.45) is 0. The van der Waals surface area contributed by atoms with Crippen LogP contribution in [0.3, 0.4) is 0 Å². The fraction of sp³-hybridized carbons (Fsp3) is 0.500. The number of amides is 1. The Bertz CT molecular complexity index is 471. The molecule has 1 aromatic rings. The first kappa shape index (κ1) is 13.0. The summed E-state index contributed by atoms with van der Waals surface area (Å²) in [6.45, 7) is 8.07. The molecule has 1 saturated heterocycles. The summed E-state index contributed by atoms with van der Waals surface area (Å²) in [5.41, 5.74) is 1.22. The van der Waals surface area contributed by atoms with Gasteiger partial charge in [-0.05, 0) is 44.5 Å². The molecule has 0 aliphatic carbocycles. The largest absolute Gasteiger partial charge is 0.336 e. The van der Waals surface area contributed by atoms with Gasteiger partial charge in [-0.2, -0.15) is 0 Å². The van der Waals surface area contributed by atoms with E-state index in [2.05, 4.69) is 19.2 Å². The monoisotopic (exact) mass is 250 g/mol. The summed E-state index contributed by atoms with van der Waals surface area (Å²) < 4.78 is 13.0. The fourth-order valence-corrected chi connectivity index (χ4v) is 2.35. The second kappa shape index (κ2) is 4.69. The minimum atomic E-state index is -0.301. The van der Waals surface area contributed by atoms with E-state index < -0.39 is 0 Å². The summed E-state index contributed by atoms with van der Waals surface area (Å²) >= 11 is 0. The normalized spacial score (nSPS) is 18.8. The number of piperazine rings is 1. The van der Waals surface area contributed by atoms with Crippen LogP contribution in [0.4, 0.5) is 4.39 Å². The van der Waals surface area contributed by atoms with Gasteiger partial charge in [0.05, 0.1) is 0 Å². The molecule has 4 heteroatoms. The van der Waals surface area contributed by atoms with Crippen LogP contribution >= 0.6 is 0 Å². The van der Waals surface area contributed by atoms with Gasteiger partial charge in [0, 0.05) is 30.7 Å². The van der Waals surface area contributed by atoms with E-state index in [-0.39, 0.29) is 17.3 Å². The van der Waals surface area contributed by atoms with Crippen LogP contribution in [0.1, 0.15) is 29.8 Å². The number of aryl methyl sites for hydroxylation is 1. The molecule has 18 heavy (non-hydrogen) atoms. The number of carbonyl (C=O) groups is 1. The molecule has 0 saturated carbocycles. The average Bonchev–Trinajstić information content (AvgIpc) is 2.27. The van der Waals surface area contributed by atoms with Crippen LogP contribution in [-0.2, 0) is 0 Å². The molecule has 1 amide bonds. The van der Waals surface area contributed by atoms with Gasteiger partial charge in [0.1, 0.15) is 5.82 Å². The quantitative estimate of drug-likeness (QED) is 0.826. The van der Waals surface area contributed by atoms with Crippen LogP contribution in [0.25, 0.3) is 0 Å². The Morgan fingerprint density at radius 2 is 2.17 bits per heavy atom.